The number of thioether (sulfide) groups is 1. The molecule has 0 bridgehead atoms. The minimum absolute atomic E-state index is 0.0701. The van der Waals surface area contributed by atoms with Crippen LogP contribution in [0.2, 0.25) is 0 Å². The first-order valence-corrected chi connectivity index (χ1v) is 10.4. The topological polar surface area (TPSA) is 84.0 Å². The number of halogens is 3. The zero-order valence-corrected chi connectivity index (χ0v) is 16.2. The van der Waals surface area contributed by atoms with E-state index in [0.29, 0.717) is 4.34 Å². The van der Waals surface area contributed by atoms with Crippen LogP contribution in [0.15, 0.2) is 28.6 Å². The number of hydrogen-bond donors (Lipinski definition) is 2. The van der Waals surface area contributed by atoms with Gasteiger partial charge in [-0.2, -0.15) is 13.2 Å². The van der Waals surface area contributed by atoms with Gasteiger partial charge in [0.15, 0.2) is 4.34 Å². The van der Waals surface area contributed by atoms with Crippen molar-refractivity contribution in [2.45, 2.75) is 42.2 Å². The molecule has 6 nitrogen and oxygen atoms in total. The van der Waals surface area contributed by atoms with Crippen molar-refractivity contribution >= 4 is 40.0 Å². The van der Waals surface area contributed by atoms with Gasteiger partial charge >= 0.3 is 6.18 Å². The standard InChI is InChI=1S/C17H17F3N4O2S2/c18-17(19,20)12-8-4-3-7-11(12)14(26)22-15-23-24-16(28-15)27-9-13(25)21-10-5-1-2-6-10/h3-4,7-8,10H,1-2,5-6,9H2,(H,21,25)(H,22,23,26). The Morgan fingerprint density at radius 1 is 1.18 bits per heavy atom. The number of benzene rings is 1. The molecule has 1 aliphatic rings. The van der Waals surface area contributed by atoms with Crippen LogP contribution in [0.1, 0.15) is 41.6 Å². The van der Waals surface area contributed by atoms with Crippen molar-refractivity contribution in [3.05, 3.63) is 35.4 Å². The van der Waals surface area contributed by atoms with Crippen molar-refractivity contribution in [2.24, 2.45) is 0 Å². The summed E-state index contributed by atoms with van der Waals surface area (Å²) in [5.41, 5.74) is -1.51. The Morgan fingerprint density at radius 3 is 2.61 bits per heavy atom. The SMILES string of the molecule is O=C(CSc1nnc(NC(=O)c2ccccc2C(F)(F)F)s1)NC1CCCC1. The van der Waals surface area contributed by atoms with Crippen molar-refractivity contribution in [1.82, 2.24) is 15.5 Å². The maximum absolute atomic E-state index is 13.0. The summed E-state index contributed by atoms with van der Waals surface area (Å²) in [7, 11) is 0. The lowest BCUT2D eigenvalue weighted by molar-refractivity contribution is -0.137. The second kappa shape index (κ2) is 8.91. The third kappa shape index (κ3) is 5.44. The molecule has 0 saturated heterocycles. The van der Waals surface area contributed by atoms with Crippen LogP contribution in [0.3, 0.4) is 0 Å². The second-order valence-electron chi connectivity index (χ2n) is 6.21. The van der Waals surface area contributed by atoms with Gasteiger partial charge in [0, 0.05) is 6.04 Å². The Morgan fingerprint density at radius 2 is 1.89 bits per heavy atom. The zero-order valence-electron chi connectivity index (χ0n) is 14.6. The van der Waals surface area contributed by atoms with Gasteiger partial charge in [0.05, 0.1) is 16.9 Å². The molecule has 1 saturated carbocycles. The molecule has 11 heteroatoms. The second-order valence-corrected chi connectivity index (χ2v) is 8.41. The maximum Gasteiger partial charge on any atom is 0.417 e. The quantitative estimate of drug-likeness (QED) is 0.535. The molecule has 0 unspecified atom stereocenters. The summed E-state index contributed by atoms with van der Waals surface area (Å²) in [6.07, 6.45) is -0.414. The highest BCUT2D eigenvalue weighted by Crippen LogP contribution is 2.32. The summed E-state index contributed by atoms with van der Waals surface area (Å²) in [6, 6.07) is 4.75. The van der Waals surface area contributed by atoms with E-state index < -0.39 is 23.2 Å². The van der Waals surface area contributed by atoms with Crippen LogP contribution in [-0.4, -0.2) is 33.8 Å². The van der Waals surface area contributed by atoms with E-state index in [2.05, 4.69) is 20.8 Å². The summed E-state index contributed by atoms with van der Waals surface area (Å²) in [5, 5.41) is 13.0. The van der Waals surface area contributed by atoms with E-state index in [-0.39, 0.29) is 22.8 Å². The Balaban J connectivity index is 1.56. The fraction of sp³-hybridized carbons (Fsp3) is 0.412. The van der Waals surface area contributed by atoms with Gasteiger partial charge in [0.25, 0.3) is 5.91 Å². The zero-order chi connectivity index (χ0) is 20.1. The van der Waals surface area contributed by atoms with Crippen LogP contribution >= 0.6 is 23.1 Å². The number of hydrogen-bond acceptors (Lipinski definition) is 6. The first-order chi connectivity index (χ1) is 13.3. The summed E-state index contributed by atoms with van der Waals surface area (Å²) in [6.45, 7) is 0. The summed E-state index contributed by atoms with van der Waals surface area (Å²) in [4.78, 5) is 24.1. The molecule has 1 aromatic carbocycles. The van der Waals surface area contributed by atoms with Gasteiger partial charge in [-0.05, 0) is 25.0 Å². The predicted octanol–water partition coefficient (Wildman–Crippen LogP) is 3.96. The Bertz CT molecular complexity index is 851. The fourth-order valence-electron chi connectivity index (χ4n) is 2.88. The highest BCUT2D eigenvalue weighted by atomic mass is 32.2. The minimum atomic E-state index is -4.64. The molecule has 0 spiro atoms. The van der Waals surface area contributed by atoms with Gasteiger partial charge in [0.2, 0.25) is 11.0 Å². The molecule has 1 aliphatic carbocycles. The van der Waals surface area contributed by atoms with Crippen molar-refractivity contribution in [2.75, 3.05) is 11.1 Å². The number of carbonyl (C=O) groups excluding carboxylic acids is 2. The number of carbonyl (C=O) groups is 2. The number of nitrogens with one attached hydrogen (secondary N) is 2. The molecule has 1 fully saturated rings. The third-order valence-electron chi connectivity index (χ3n) is 4.15. The smallest absolute Gasteiger partial charge is 0.353 e. The van der Waals surface area contributed by atoms with E-state index in [1.807, 2.05) is 0 Å². The van der Waals surface area contributed by atoms with E-state index in [9.17, 15) is 22.8 Å². The van der Waals surface area contributed by atoms with Gasteiger partial charge in [-0.25, -0.2) is 0 Å². The van der Waals surface area contributed by atoms with Crippen LogP contribution in [0.4, 0.5) is 18.3 Å². The number of rotatable bonds is 6. The lowest BCUT2D eigenvalue weighted by Crippen LogP contribution is -2.33. The lowest BCUT2D eigenvalue weighted by Gasteiger charge is -2.11. The van der Waals surface area contributed by atoms with E-state index in [1.54, 1.807) is 0 Å². The van der Waals surface area contributed by atoms with Crippen LogP contribution < -0.4 is 10.6 Å². The molecule has 28 heavy (non-hydrogen) atoms. The fourth-order valence-corrected chi connectivity index (χ4v) is 4.44. The number of anilines is 1. The summed E-state index contributed by atoms with van der Waals surface area (Å²) >= 11 is 2.17. The highest BCUT2D eigenvalue weighted by molar-refractivity contribution is 8.01. The Labute approximate surface area is 167 Å². The van der Waals surface area contributed by atoms with E-state index in [0.717, 1.165) is 60.9 Å². The molecular weight excluding hydrogens is 413 g/mol. The first-order valence-electron chi connectivity index (χ1n) is 8.56. The van der Waals surface area contributed by atoms with Crippen molar-refractivity contribution < 1.29 is 22.8 Å². The molecule has 0 aliphatic heterocycles. The normalized spacial score (nSPS) is 14.8. The van der Waals surface area contributed by atoms with Crippen LogP contribution in [0, 0.1) is 0 Å². The summed E-state index contributed by atoms with van der Waals surface area (Å²) in [5.74, 6) is -0.855. The van der Waals surface area contributed by atoms with Crippen molar-refractivity contribution in [3.8, 4) is 0 Å². The van der Waals surface area contributed by atoms with Crippen LogP contribution in [0.5, 0.6) is 0 Å². The molecule has 1 heterocycles. The molecule has 2 N–H and O–H groups in total. The molecule has 0 radical (unpaired) electrons. The lowest BCUT2D eigenvalue weighted by atomic mass is 10.1. The molecule has 2 aromatic rings. The highest BCUT2D eigenvalue weighted by Gasteiger charge is 2.35. The minimum Gasteiger partial charge on any atom is -0.353 e. The van der Waals surface area contributed by atoms with Crippen LogP contribution in [0.25, 0.3) is 0 Å². The molecule has 0 atom stereocenters. The predicted molar refractivity (Wildman–Crippen MR) is 100 cm³/mol. The van der Waals surface area contributed by atoms with Crippen molar-refractivity contribution in [1.29, 1.82) is 0 Å². The molecule has 1 aromatic heterocycles. The maximum atomic E-state index is 13.0. The van der Waals surface area contributed by atoms with Gasteiger partial charge in [-0.15, -0.1) is 10.2 Å². The monoisotopic (exact) mass is 430 g/mol. The van der Waals surface area contributed by atoms with E-state index in [1.165, 1.54) is 12.1 Å². The number of alkyl halides is 3. The Hall–Kier alpha value is -2.14. The Kier molecular flexibility index (Phi) is 6.55. The average molecular weight is 430 g/mol. The van der Waals surface area contributed by atoms with Crippen molar-refractivity contribution in [3.63, 3.8) is 0 Å². The van der Waals surface area contributed by atoms with Crippen LogP contribution in [-0.2, 0) is 11.0 Å². The first kappa shape index (κ1) is 20.6. The van der Waals surface area contributed by atoms with Gasteiger partial charge in [0.1, 0.15) is 0 Å². The number of nitrogens with zero attached hydrogens (tertiary/aromatic N) is 2. The molecule has 3 rings (SSSR count). The van der Waals surface area contributed by atoms with E-state index >= 15 is 0 Å². The summed E-state index contributed by atoms with van der Waals surface area (Å²) < 4.78 is 39.5. The third-order valence-corrected chi connectivity index (χ3v) is 6.12. The van der Waals surface area contributed by atoms with Gasteiger partial charge in [-0.1, -0.05) is 48.1 Å². The van der Waals surface area contributed by atoms with Gasteiger partial charge in [-0.3, -0.25) is 14.9 Å². The number of amides is 2. The molecular formula is C17H17F3N4O2S2. The van der Waals surface area contributed by atoms with E-state index in [4.69, 9.17) is 0 Å². The average Bonchev–Trinajstić information content (AvgIpc) is 3.31. The largest absolute Gasteiger partial charge is 0.417 e. The van der Waals surface area contributed by atoms with Gasteiger partial charge < -0.3 is 5.32 Å². The molecule has 150 valence electrons. The number of aromatic nitrogens is 2. The molecule has 2 amide bonds.